The molecule has 2 N–H and O–H groups in total. The average molecular weight is 296 g/mol. The lowest BCUT2D eigenvalue weighted by atomic mass is 9.93. The fourth-order valence-electron chi connectivity index (χ4n) is 2.39. The third kappa shape index (κ3) is 2.57. The zero-order chi connectivity index (χ0) is 14.8. The second kappa shape index (κ2) is 5.59. The number of fused-ring (bicyclic) bond motifs is 1. The Bertz CT molecular complexity index is 768. The van der Waals surface area contributed by atoms with E-state index in [4.69, 9.17) is 4.63 Å². The second-order valence-electron chi connectivity index (χ2n) is 5.44. The van der Waals surface area contributed by atoms with Gasteiger partial charge in [0.25, 0.3) is 0 Å². The molecule has 1 fully saturated rings. The minimum atomic E-state index is 0.412. The number of benzene rings is 1. The van der Waals surface area contributed by atoms with Crippen molar-refractivity contribution in [1.82, 2.24) is 20.3 Å². The highest BCUT2D eigenvalue weighted by Crippen LogP contribution is 2.27. The Balaban J connectivity index is 1.60. The van der Waals surface area contributed by atoms with Crippen LogP contribution in [0.4, 0.5) is 11.6 Å². The number of nitrogens with zero attached hydrogens (tertiary/aromatic N) is 4. The summed E-state index contributed by atoms with van der Waals surface area (Å²) in [5, 5.41) is 14.3. The molecular weight excluding hydrogens is 280 g/mol. The van der Waals surface area contributed by atoms with Gasteiger partial charge in [0.05, 0.1) is 0 Å². The average Bonchev–Trinajstić information content (AvgIpc) is 2.96. The molecule has 112 valence electrons. The molecule has 1 saturated carbocycles. The molecule has 0 aliphatic heterocycles. The van der Waals surface area contributed by atoms with Gasteiger partial charge in [-0.25, -0.2) is 14.6 Å². The second-order valence-corrected chi connectivity index (χ2v) is 5.44. The summed E-state index contributed by atoms with van der Waals surface area (Å²) in [6, 6.07) is 10.6. The zero-order valence-electron chi connectivity index (χ0n) is 12.0. The largest absolute Gasteiger partial charge is 0.364 e. The highest BCUT2D eigenvalue weighted by atomic mass is 16.6. The fourth-order valence-corrected chi connectivity index (χ4v) is 2.39. The van der Waals surface area contributed by atoms with Crippen LogP contribution in [-0.4, -0.2) is 26.3 Å². The van der Waals surface area contributed by atoms with Crippen molar-refractivity contribution in [2.45, 2.75) is 31.8 Å². The van der Waals surface area contributed by atoms with Gasteiger partial charge in [-0.3, -0.25) is 0 Å². The number of anilines is 2. The van der Waals surface area contributed by atoms with E-state index in [1.165, 1.54) is 12.0 Å². The van der Waals surface area contributed by atoms with Crippen LogP contribution in [0.1, 0.15) is 24.8 Å². The van der Waals surface area contributed by atoms with Gasteiger partial charge < -0.3 is 10.6 Å². The van der Waals surface area contributed by atoms with E-state index in [-0.39, 0.29) is 0 Å². The van der Waals surface area contributed by atoms with Gasteiger partial charge >= 0.3 is 0 Å². The van der Waals surface area contributed by atoms with Crippen molar-refractivity contribution in [3.05, 3.63) is 35.9 Å². The molecule has 2 aromatic heterocycles. The summed E-state index contributed by atoms with van der Waals surface area (Å²) in [7, 11) is 0. The van der Waals surface area contributed by atoms with Gasteiger partial charge in [0.15, 0.2) is 11.6 Å². The Hall–Kier alpha value is -2.70. The van der Waals surface area contributed by atoms with Crippen molar-refractivity contribution in [3.63, 3.8) is 0 Å². The lowest BCUT2D eigenvalue weighted by Gasteiger charge is -2.27. The first kappa shape index (κ1) is 13.0. The van der Waals surface area contributed by atoms with Crippen LogP contribution in [0.15, 0.2) is 35.0 Å². The van der Waals surface area contributed by atoms with Crippen molar-refractivity contribution in [2.75, 3.05) is 10.6 Å². The molecule has 1 aromatic carbocycles. The summed E-state index contributed by atoms with van der Waals surface area (Å²) in [6.45, 7) is 0.672. The molecule has 0 atom stereocenters. The Morgan fingerprint density at radius 3 is 2.41 bits per heavy atom. The Kier molecular flexibility index (Phi) is 3.30. The molecule has 1 aliphatic carbocycles. The first-order chi connectivity index (χ1) is 10.9. The molecule has 22 heavy (non-hydrogen) atoms. The van der Waals surface area contributed by atoms with Crippen molar-refractivity contribution in [2.24, 2.45) is 0 Å². The van der Waals surface area contributed by atoms with Crippen LogP contribution in [0.5, 0.6) is 0 Å². The minimum absolute atomic E-state index is 0.412. The monoisotopic (exact) mass is 296 g/mol. The van der Waals surface area contributed by atoms with E-state index < -0.39 is 0 Å². The van der Waals surface area contributed by atoms with Crippen LogP contribution in [-0.2, 0) is 6.54 Å². The normalized spacial score (nSPS) is 14.7. The lowest BCUT2D eigenvalue weighted by Crippen LogP contribution is -2.28. The molecule has 7 nitrogen and oxygen atoms in total. The summed E-state index contributed by atoms with van der Waals surface area (Å²) in [5.41, 5.74) is 2.01. The lowest BCUT2D eigenvalue weighted by molar-refractivity contribution is 0.314. The molecule has 0 radical (unpaired) electrons. The third-order valence-corrected chi connectivity index (χ3v) is 3.86. The molecule has 0 amide bonds. The van der Waals surface area contributed by atoms with Gasteiger partial charge in [0.1, 0.15) is 0 Å². The van der Waals surface area contributed by atoms with Crippen LogP contribution in [0, 0.1) is 0 Å². The molecule has 0 saturated heterocycles. The van der Waals surface area contributed by atoms with Gasteiger partial charge in [-0.2, -0.15) is 0 Å². The topological polar surface area (TPSA) is 88.8 Å². The maximum Gasteiger partial charge on any atom is 0.245 e. The molecule has 3 aromatic rings. The quantitative estimate of drug-likeness (QED) is 0.748. The van der Waals surface area contributed by atoms with Crippen molar-refractivity contribution in [3.8, 4) is 0 Å². The highest BCUT2D eigenvalue weighted by molar-refractivity contribution is 5.73. The zero-order valence-corrected chi connectivity index (χ0v) is 12.0. The maximum absolute atomic E-state index is 4.70. The van der Waals surface area contributed by atoms with Gasteiger partial charge in [-0.1, -0.05) is 30.3 Å². The molecular formula is C15H16N6O. The third-order valence-electron chi connectivity index (χ3n) is 3.86. The van der Waals surface area contributed by atoms with Gasteiger partial charge in [0.2, 0.25) is 11.3 Å². The van der Waals surface area contributed by atoms with Crippen LogP contribution < -0.4 is 10.6 Å². The van der Waals surface area contributed by atoms with Gasteiger partial charge in [0, 0.05) is 12.6 Å². The predicted molar refractivity (Wildman–Crippen MR) is 82.4 cm³/mol. The van der Waals surface area contributed by atoms with Crippen LogP contribution in [0.25, 0.3) is 11.3 Å². The molecule has 7 heteroatoms. The standard InChI is InChI=1S/C15H16N6O/c1-2-5-10(6-3-1)9-16-12-13(17-11-7-4-8-11)19-15-14(18-12)20-22-21-15/h1-3,5-6,11H,4,7-9H2,(H,16,18,20)(H,17,19,21). The summed E-state index contributed by atoms with van der Waals surface area (Å²) >= 11 is 0. The van der Waals surface area contributed by atoms with Crippen molar-refractivity contribution < 1.29 is 4.63 Å². The number of rotatable bonds is 5. The predicted octanol–water partition coefficient (Wildman–Crippen LogP) is 2.59. The maximum atomic E-state index is 4.70. The summed E-state index contributed by atoms with van der Waals surface area (Å²) in [6.07, 6.45) is 3.58. The molecule has 2 heterocycles. The van der Waals surface area contributed by atoms with E-state index in [1.54, 1.807) is 0 Å². The summed E-state index contributed by atoms with van der Waals surface area (Å²) in [5.74, 6) is 1.39. The SMILES string of the molecule is c1ccc(CNc2nc3nonc3nc2NC2CCC2)cc1. The molecule has 4 rings (SSSR count). The van der Waals surface area contributed by atoms with Crippen molar-refractivity contribution in [1.29, 1.82) is 0 Å². The Morgan fingerprint density at radius 2 is 1.73 bits per heavy atom. The smallest absolute Gasteiger partial charge is 0.245 e. The van der Waals surface area contributed by atoms with E-state index in [0.29, 0.717) is 35.5 Å². The first-order valence-electron chi connectivity index (χ1n) is 7.43. The van der Waals surface area contributed by atoms with E-state index in [0.717, 1.165) is 12.8 Å². The Morgan fingerprint density at radius 1 is 1.00 bits per heavy atom. The molecule has 0 spiro atoms. The molecule has 0 unspecified atom stereocenters. The number of aromatic nitrogens is 4. The molecule has 0 bridgehead atoms. The van der Waals surface area contributed by atoms with Crippen LogP contribution in [0.3, 0.4) is 0 Å². The first-order valence-corrected chi connectivity index (χ1v) is 7.43. The van der Waals surface area contributed by atoms with E-state index in [1.807, 2.05) is 18.2 Å². The minimum Gasteiger partial charge on any atom is -0.364 e. The highest BCUT2D eigenvalue weighted by Gasteiger charge is 2.20. The van der Waals surface area contributed by atoms with Crippen LogP contribution >= 0.6 is 0 Å². The van der Waals surface area contributed by atoms with E-state index in [9.17, 15) is 0 Å². The van der Waals surface area contributed by atoms with Gasteiger partial charge in [-0.15, -0.1) is 0 Å². The van der Waals surface area contributed by atoms with Crippen molar-refractivity contribution >= 4 is 22.9 Å². The fraction of sp³-hybridized carbons (Fsp3) is 0.333. The van der Waals surface area contributed by atoms with E-state index in [2.05, 4.69) is 43.0 Å². The van der Waals surface area contributed by atoms with E-state index >= 15 is 0 Å². The number of nitrogens with one attached hydrogen (secondary N) is 2. The molecule has 1 aliphatic rings. The number of hydrogen-bond donors (Lipinski definition) is 2. The van der Waals surface area contributed by atoms with Crippen LogP contribution in [0.2, 0.25) is 0 Å². The summed E-state index contributed by atoms with van der Waals surface area (Å²) in [4.78, 5) is 8.92. The van der Waals surface area contributed by atoms with Gasteiger partial charge in [-0.05, 0) is 35.1 Å². The summed E-state index contributed by atoms with van der Waals surface area (Å²) < 4.78 is 4.70. The Labute approximate surface area is 127 Å². The number of hydrogen-bond acceptors (Lipinski definition) is 7.